The predicted octanol–water partition coefficient (Wildman–Crippen LogP) is 1.76. The van der Waals surface area contributed by atoms with Gasteiger partial charge in [0.15, 0.2) is 0 Å². The lowest BCUT2D eigenvalue weighted by molar-refractivity contribution is 0.177. The summed E-state index contributed by atoms with van der Waals surface area (Å²) in [6, 6.07) is 5.01. The Bertz CT molecular complexity index is 299. The summed E-state index contributed by atoms with van der Waals surface area (Å²) in [6.45, 7) is 1.79. The highest BCUT2D eigenvalue weighted by Gasteiger charge is 2.09. The highest BCUT2D eigenvalue weighted by atomic mass is 35.5. The topological polar surface area (TPSA) is 49.7 Å². The van der Waals surface area contributed by atoms with Crippen molar-refractivity contribution in [2.45, 2.75) is 13.0 Å². The van der Waals surface area contributed by atoms with E-state index >= 15 is 0 Å². The summed E-state index contributed by atoms with van der Waals surface area (Å²) in [5.41, 5.74) is 0.631. The molecular weight excluding hydrogens is 204 g/mol. The number of rotatable bonds is 4. The quantitative estimate of drug-likeness (QED) is 0.807. The van der Waals surface area contributed by atoms with Gasteiger partial charge in [0.05, 0.1) is 12.7 Å². The highest BCUT2D eigenvalue weighted by molar-refractivity contribution is 6.30. The molecule has 0 aromatic heterocycles. The van der Waals surface area contributed by atoms with E-state index in [1.165, 1.54) is 0 Å². The minimum absolute atomic E-state index is 0.0537. The smallest absolute Gasteiger partial charge is 0.125 e. The molecule has 0 unspecified atom stereocenters. The second-order valence-electron chi connectivity index (χ2n) is 2.93. The van der Waals surface area contributed by atoms with Gasteiger partial charge in [0.25, 0.3) is 0 Å². The van der Waals surface area contributed by atoms with Crippen molar-refractivity contribution < 1.29 is 14.9 Å². The summed E-state index contributed by atoms with van der Waals surface area (Å²) in [5, 5.41) is 18.6. The zero-order chi connectivity index (χ0) is 10.6. The van der Waals surface area contributed by atoms with Gasteiger partial charge in [-0.15, -0.1) is 0 Å². The van der Waals surface area contributed by atoms with E-state index in [-0.39, 0.29) is 13.2 Å². The van der Waals surface area contributed by atoms with Crippen LogP contribution in [0.1, 0.15) is 18.6 Å². The van der Waals surface area contributed by atoms with Crippen LogP contribution in [0.15, 0.2) is 18.2 Å². The molecule has 3 nitrogen and oxygen atoms in total. The summed E-state index contributed by atoms with van der Waals surface area (Å²) in [4.78, 5) is 0. The summed E-state index contributed by atoms with van der Waals surface area (Å²) in [6.07, 6.45) is -0.637. The molecule has 0 radical (unpaired) electrons. The van der Waals surface area contributed by atoms with E-state index in [1.807, 2.05) is 0 Å². The zero-order valence-corrected chi connectivity index (χ0v) is 8.66. The van der Waals surface area contributed by atoms with E-state index in [2.05, 4.69) is 0 Å². The van der Waals surface area contributed by atoms with Crippen molar-refractivity contribution in [3.05, 3.63) is 28.8 Å². The van der Waals surface area contributed by atoms with E-state index in [0.717, 1.165) is 0 Å². The lowest BCUT2D eigenvalue weighted by Gasteiger charge is -2.12. The number of halogens is 1. The van der Waals surface area contributed by atoms with Crippen LogP contribution in [0.25, 0.3) is 0 Å². The fraction of sp³-hybridized carbons (Fsp3) is 0.400. The maximum absolute atomic E-state index is 9.43. The number of hydrogen-bond acceptors (Lipinski definition) is 3. The third kappa shape index (κ3) is 2.87. The molecule has 0 spiro atoms. The summed E-state index contributed by atoms with van der Waals surface area (Å²) in [5.74, 6) is 0.554. The highest BCUT2D eigenvalue weighted by Crippen LogP contribution is 2.28. The molecule has 14 heavy (non-hydrogen) atoms. The number of benzene rings is 1. The summed E-state index contributed by atoms with van der Waals surface area (Å²) in [7, 11) is 0. The van der Waals surface area contributed by atoms with Gasteiger partial charge in [-0.05, 0) is 25.1 Å². The molecule has 1 atom stereocenters. The van der Waals surface area contributed by atoms with Crippen molar-refractivity contribution in [1.82, 2.24) is 0 Å². The molecule has 4 heteroatoms. The Morgan fingerprint density at radius 3 is 2.79 bits per heavy atom. The van der Waals surface area contributed by atoms with Crippen LogP contribution in [-0.4, -0.2) is 23.4 Å². The van der Waals surface area contributed by atoms with Crippen molar-refractivity contribution in [2.75, 3.05) is 13.2 Å². The standard InChI is InChI=1S/C10H13ClO3/c1-7(13)9-6-8(11)2-3-10(9)14-5-4-12/h2-3,6-7,12-13H,4-5H2,1H3/t7-/m1/s1. The predicted molar refractivity (Wildman–Crippen MR) is 54.7 cm³/mol. The molecule has 0 bridgehead atoms. The second kappa shape index (κ2) is 5.20. The first-order valence-corrected chi connectivity index (χ1v) is 4.74. The van der Waals surface area contributed by atoms with Gasteiger partial charge in [-0.3, -0.25) is 0 Å². The van der Waals surface area contributed by atoms with Gasteiger partial charge in [-0.25, -0.2) is 0 Å². The first-order valence-electron chi connectivity index (χ1n) is 4.36. The maximum Gasteiger partial charge on any atom is 0.125 e. The molecule has 0 aliphatic heterocycles. The first kappa shape index (κ1) is 11.3. The molecule has 0 heterocycles. The Kier molecular flexibility index (Phi) is 4.20. The van der Waals surface area contributed by atoms with Crippen LogP contribution in [0.5, 0.6) is 5.75 Å². The normalized spacial score (nSPS) is 12.6. The van der Waals surface area contributed by atoms with Gasteiger partial charge < -0.3 is 14.9 Å². The SMILES string of the molecule is C[C@@H](O)c1cc(Cl)ccc1OCCO. The van der Waals surface area contributed by atoms with Crippen LogP contribution in [0.3, 0.4) is 0 Å². The van der Waals surface area contributed by atoms with Crippen LogP contribution in [-0.2, 0) is 0 Å². The molecule has 0 aliphatic carbocycles. The Morgan fingerprint density at radius 2 is 2.21 bits per heavy atom. The fourth-order valence-electron chi connectivity index (χ4n) is 1.13. The Labute approximate surface area is 87.9 Å². The van der Waals surface area contributed by atoms with Gasteiger partial charge in [-0.2, -0.15) is 0 Å². The minimum atomic E-state index is -0.637. The van der Waals surface area contributed by atoms with E-state index in [0.29, 0.717) is 16.3 Å². The molecule has 78 valence electrons. The van der Waals surface area contributed by atoms with Crippen molar-refractivity contribution >= 4 is 11.6 Å². The molecule has 1 aromatic carbocycles. The number of aliphatic hydroxyl groups is 2. The average molecular weight is 217 g/mol. The van der Waals surface area contributed by atoms with Crippen molar-refractivity contribution in [2.24, 2.45) is 0 Å². The van der Waals surface area contributed by atoms with Crippen molar-refractivity contribution in [3.63, 3.8) is 0 Å². The lowest BCUT2D eigenvalue weighted by atomic mass is 10.1. The Hall–Kier alpha value is -0.770. The van der Waals surface area contributed by atoms with E-state index in [4.69, 9.17) is 21.4 Å². The largest absolute Gasteiger partial charge is 0.491 e. The van der Waals surface area contributed by atoms with Crippen LogP contribution < -0.4 is 4.74 Å². The van der Waals surface area contributed by atoms with E-state index in [1.54, 1.807) is 25.1 Å². The molecule has 0 fully saturated rings. The molecular formula is C10H13ClO3. The molecule has 0 aliphatic rings. The van der Waals surface area contributed by atoms with Crippen LogP contribution in [0.4, 0.5) is 0 Å². The van der Waals surface area contributed by atoms with Gasteiger partial charge >= 0.3 is 0 Å². The third-order valence-corrected chi connectivity index (χ3v) is 2.01. The van der Waals surface area contributed by atoms with Gasteiger partial charge in [0.1, 0.15) is 12.4 Å². The summed E-state index contributed by atoms with van der Waals surface area (Å²) < 4.78 is 5.23. The van der Waals surface area contributed by atoms with E-state index < -0.39 is 6.10 Å². The maximum atomic E-state index is 9.43. The fourth-order valence-corrected chi connectivity index (χ4v) is 1.31. The zero-order valence-electron chi connectivity index (χ0n) is 7.90. The van der Waals surface area contributed by atoms with Gasteiger partial charge in [0, 0.05) is 10.6 Å². The number of aliphatic hydroxyl groups excluding tert-OH is 2. The van der Waals surface area contributed by atoms with Gasteiger partial charge in [0.2, 0.25) is 0 Å². The first-order chi connectivity index (χ1) is 6.65. The van der Waals surface area contributed by atoms with Crippen LogP contribution >= 0.6 is 11.6 Å². The Morgan fingerprint density at radius 1 is 1.50 bits per heavy atom. The molecule has 1 aromatic rings. The monoisotopic (exact) mass is 216 g/mol. The van der Waals surface area contributed by atoms with Crippen molar-refractivity contribution in [3.8, 4) is 5.75 Å². The molecule has 0 amide bonds. The van der Waals surface area contributed by atoms with Crippen LogP contribution in [0, 0.1) is 0 Å². The minimum Gasteiger partial charge on any atom is -0.491 e. The Balaban J connectivity index is 2.90. The molecule has 2 N–H and O–H groups in total. The second-order valence-corrected chi connectivity index (χ2v) is 3.37. The lowest BCUT2D eigenvalue weighted by Crippen LogP contribution is -2.05. The third-order valence-electron chi connectivity index (χ3n) is 1.77. The van der Waals surface area contributed by atoms with Crippen molar-refractivity contribution in [1.29, 1.82) is 0 Å². The van der Waals surface area contributed by atoms with E-state index in [9.17, 15) is 5.11 Å². The molecule has 0 saturated heterocycles. The molecule has 0 saturated carbocycles. The van der Waals surface area contributed by atoms with Gasteiger partial charge in [-0.1, -0.05) is 11.6 Å². The molecule has 1 rings (SSSR count). The number of hydrogen-bond donors (Lipinski definition) is 2. The average Bonchev–Trinajstić information content (AvgIpc) is 2.15. The van der Waals surface area contributed by atoms with Crippen LogP contribution in [0.2, 0.25) is 5.02 Å². The number of ether oxygens (including phenoxy) is 1. The summed E-state index contributed by atoms with van der Waals surface area (Å²) >= 11 is 5.78.